The van der Waals surface area contributed by atoms with Crippen molar-refractivity contribution in [3.8, 4) is 0 Å². The topological polar surface area (TPSA) is 81.1 Å². The van der Waals surface area contributed by atoms with Crippen LogP contribution in [0.1, 0.15) is 29.2 Å². The van der Waals surface area contributed by atoms with Crippen LogP contribution < -0.4 is 5.32 Å². The molecule has 2 aromatic rings. The maximum absolute atomic E-state index is 11.8. The summed E-state index contributed by atoms with van der Waals surface area (Å²) in [7, 11) is 0. The summed E-state index contributed by atoms with van der Waals surface area (Å²) in [6, 6.07) is 4.68. The first kappa shape index (κ1) is 11.6. The van der Waals surface area contributed by atoms with Gasteiger partial charge in [-0.3, -0.25) is 24.4 Å². The van der Waals surface area contributed by atoms with Crippen molar-refractivity contribution in [3.05, 3.63) is 30.0 Å². The normalized spacial score (nSPS) is 19.5. The monoisotopic (exact) mass is 257 g/mol. The summed E-state index contributed by atoms with van der Waals surface area (Å²) in [5, 5.41) is 7.36. The third-order valence-corrected chi connectivity index (χ3v) is 3.26. The lowest BCUT2D eigenvalue weighted by Gasteiger charge is -2.21. The van der Waals surface area contributed by atoms with E-state index in [0.29, 0.717) is 18.4 Å². The van der Waals surface area contributed by atoms with Crippen LogP contribution in [0.5, 0.6) is 0 Å². The summed E-state index contributed by atoms with van der Waals surface area (Å²) in [5.41, 5.74) is 1.25. The Morgan fingerprint density at radius 1 is 1.37 bits per heavy atom. The van der Waals surface area contributed by atoms with Crippen molar-refractivity contribution >= 4 is 29.0 Å². The number of fused-ring (bicyclic) bond motifs is 1. The minimum absolute atomic E-state index is 0.258. The molecule has 6 nitrogen and oxygen atoms in total. The number of carbonyl (C=O) groups excluding carboxylic acids is 3. The summed E-state index contributed by atoms with van der Waals surface area (Å²) < 4.78 is 1.57. The number of hydrogen-bond donors (Lipinski definition) is 1. The molecule has 1 N–H and O–H groups in total. The van der Waals surface area contributed by atoms with Crippen molar-refractivity contribution < 1.29 is 14.4 Å². The van der Waals surface area contributed by atoms with Crippen LogP contribution in [-0.4, -0.2) is 27.9 Å². The summed E-state index contributed by atoms with van der Waals surface area (Å²) >= 11 is 0. The van der Waals surface area contributed by atoms with Crippen LogP contribution >= 0.6 is 0 Å². The molecule has 1 fully saturated rings. The Balaban J connectivity index is 2.07. The Kier molecular flexibility index (Phi) is 2.63. The molecule has 0 aliphatic carbocycles. The van der Waals surface area contributed by atoms with Gasteiger partial charge in [0.1, 0.15) is 12.3 Å². The molecule has 6 heteroatoms. The predicted molar refractivity (Wildman–Crippen MR) is 66.5 cm³/mol. The Hall–Kier alpha value is -2.50. The first-order valence-corrected chi connectivity index (χ1v) is 5.95. The van der Waals surface area contributed by atoms with E-state index in [9.17, 15) is 14.4 Å². The average molecular weight is 257 g/mol. The zero-order chi connectivity index (χ0) is 13.4. The maximum Gasteiger partial charge on any atom is 0.251 e. The predicted octanol–water partition coefficient (Wildman–Crippen LogP) is 0.826. The van der Waals surface area contributed by atoms with Crippen LogP contribution in [0.25, 0.3) is 10.9 Å². The van der Waals surface area contributed by atoms with E-state index in [4.69, 9.17) is 0 Å². The van der Waals surface area contributed by atoms with E-state index in [1.165, 1.54) is 0 Å². The van der Waals surface area contributed by atoms with Crippen molar-refractivity contribution in [2.24, 2.45) is 0 Å². The van der Waals surface area contributed by atoms with E-state index >= 15 is 0 Å². The molecular formula is C13H11N3O3. The van der Waals surface area contributed by atoms with Crippen LogP contribution in [0, 0.1) is 0 Å². The van der Waals surface area contributed by atoms with E-state index in [2.05, 4.69) is 10.4 Å². The molecule has 2 heterocycles. The number of rotatable bonds is 2. The number of imide groups is 1. The number of carbonyl (C=O) groups is 3. The Bertz CT molecular complexity index is 689. The smallest absolute Gasteiger partial charge is 0.251 e. The number of benzene rings is 1. The van der Waals surface area contributed by atoms with Gasteiger partial charge in [-0.15, -0.1) is 0 Å². The molecule has 1 aromatic heterocycles. The second-order valence-electron chi connectivity index (χ2n) is 4.49. The van der Waals surface area contributed by atoms with Gasteiger partial charge in [0.2, 0.25) is 5.91 Å². The van der Waals surface area contributed by atoms with E-state index in [-0.39, 0.29) is 11.8 Å². The van der Waals surface area contributed by atoms with Gasteiger partial charge in [0, 0.05) is 17.4 Å². The second kappa shape index (κ2) is 4.31. The molecule has 96 valence electrons. The molecule has 1 atom stereocenters. The fourth-order valence-corrected chi connectivity index (χ4v) is 2.29. The Morgan fingerprint density at radius 2 is 2.21 bits per heavy atom. The van der Waals surface area contributed by atoms with Crippen molar-refractivity contribution in [1.29, 1.82) is 0 Å². The molecule has 1 unspecified atom stereocenters. The van der Waals surface area contributed by atoms with Crippen molar-refractivity contribution in [2.75, 3.05) is 0 Å². The molecule has 0 bridgehead atoms. The van der Waals surface area contributed by atoms with E-state index in [0.717, 1.165) is 17.2 Å². The molecule has 0 radical (unpaired) electrons. The third-order valence-electron chi connectivity index (χ3n) is 3.26. The van der Waals surface area contributed by atoms with Gasteiger partial charge in [0.25, 0.3) is 5.91 Å². The van der Waals surface area contributed by atoms with Gasteiger partial charge in [0.15, 0.2) is 0 Å². The Morgan fingerprint density at radius 3 is 2.95 bits per heavy atom. The van der Waals surface area contributed by atoms with E-state index in [1.54, 1.807) is 29.1 Å². The minimum Gasteiger partial charge on any atom is -0.298 e. The second-order valence-corrected chi connectivity index (χ2v) is 4.49. The summed E-state index contributed by atoms with van der Waals surface area (Å²) in [6.45, 7) is 0. The third kappa shape index (κ3) is 1.91. The molecule has 1 saturated heterocycles. The van der Waals surface area contributed by atoms with Crippen LogP contribution in [0.2, 0.25) is 0 Å². The summed E-state index contributed by atoms with van der Waals surface area (Å²) in [6.07, 6.45) is 3.12. The van der Waals surface area contributed by atoms with Crippen LogP contribution in [-0.2, 0) is 9.59 Å². The number of nitrogens with zero attached hydrogens (tertiary/aromatic N) is 2. The number of piperidine rings is 1. The molecule has 19 heavy (non-hydrogen) atoms. The zero-order valence-electron chi connectivity index (χ0n) is 10.00. The lowest BCUT2D eigenvalue weighted by atomic mass is 10.1. The van der Waals surface area contributed by atoms with Gasteiger partial charge in [-0.25, -0.2) is 0 Å². The van der Waals surface area contributed by atoms with Crippen LogP contribution in [0.15, 0.2) is 24.4 Å². The van der Waals surface area contributed by atoms with E-state index < -0.39 is 6.04 Å². The summed E-state index contributed by atoms with van der Waals surface area (Å²) in [5.74, 6) is -0.607. The number of nitrogens with one attached hydrogen (secondary N) is 1. The highest BCUT2D eigenvalue weighted by Gasteiger charge is 2.29. The molecule has 1 aromatic carbocycles. The van der Waals surface area contributed by atoms with Gasteiger partial charge in [0.05, 0.1) is 11.7 Å². The quantitative estimate of drug-likeness (QED) is 0.638. The zero-order valence-corrected chi connectivity index (χ0v) is 10.00. The van der Waals surface area contributed by atoms with Gasteiger partial charge in [-0.1, -0.05) is 12.1 Å². The molecule has 1 aliphatic heterocycles. The SMILES string of the molecule is O=Cc1ccc2cnn(C3CCC(=O)NC3=O)c2c1. The number of hydrogen-bond acceptors (Lipinski definition) is 4. The molecular weight excluding hydrogens is 246 g/mol. The maximum atomic E-state index is 11.8. The summed E-state index contributed by atoms with van der Waals surface area (Å²) in [4.78, 5) is 33.8. The Labute approximate surface area is 108 Å². The van der Waals surface area contributed by atoms with Gasteiger partial charge >= 0.3 is 0 Å². The van der Waals surface area contributed by atoms with Gasteiger partial charge < -0.3 is 0 Å². The minimum atomic E-state index is -0.503. The number of aldehydes is 1. The lowest BCUT2D eigenvalue weighted by molar-refractivity contribution is -0.135. The first-order valence-electron chi connectivity index (χ1n) is 5.95. The average Bonchev–Trinajstić information content (AvgIpc) is 2.81. The van der Waals surface area contributed by atoms with Crippen molar-refractivity contribution in [3.63, 3.8) is 0 Å². The highest BCUT2D eigenvalue weighted by molar-refractivity contribution is 6.00. The highest BCUT2D eigenvalue weighted by atomic mass is 16.2. The molecule has 3 rings (SSSR count). The van der Waals surface area contributed by atoms with Crippen LogP contribution in [0.4, 0.5) is 0 Å². The van der Waals surface area contributed by atoms with Crippen molar-refractivity contribution in [2.45, 2.75) is 18.9 Å². The van der Waals surface area contributed by atoms with Gasteiger partial charge in [-0.2, -0.15) is 5.10 Å². The molecule has 1 aliphatic rings. The van der Waals surface area contributed by atoms with E-state index in [1.807, 2.05) is 0 Å². The molecule has 0 spiro atoms. The largest absolute Gasteiger partial charge is 0.298 e. The molecule has 2 amide bonds. The first-order chi connectivity index (χ1) is 9.19. The standard InChI is InChI=1S/C13H11N3O3/c17-7-8-1-2-9-6-14-16(11(9)5-8)10-3-4-12(18)15-13(10)19/h1-2,5-7,10H,3-4H2,(H,15,18,19). The van der Waals surface area contributed by atoms with Crippen LogP contribution in [0.3, 0.4) is 0 Å². The lowest BCUT2D eigenvalue weighted by Crippen LogP contribution is -2.42. The fraction of sp³-hybridized carbons (Fsp3) is 0.231. The highest BCUT2D eigenvalue weighted by Crippen LogP contribution is 2.24. The van der Waals surface area contributed by atoms with Crippen molar-refractivity contribution in [1.82, 2.24) is 15.1 Å². The number of amides is 2. The fourth-order valence-electron chi connectivity index (χ4n) is 2.29. The number of aromatic nitrogens is 2. The van der Waals surface area contributed by atoms with Gasteiger partial charge in [-0.05, 0) is 12.5 Å². The molecule has 0 saturated carbocycles.